The molecule has 2 unspecified atom stereocenters. The molecule has 3 aromatic carbocycles. The van der Waals surface area contributed by atoms with Crippen LogP contribution in [0, 0.1) is 11.8 Å². The summed E-state index contributed by atoms with van der Waals surface area (Å²) in [6.45, 7) is 4.44. The number of carboxylic acid groups (broad SMARTS) is 1. The number of hydrogen-bond acceptors (Lipinski definition) is 3. The van der Waals surface area contributed by atoms with Gasteiger partial charge >= 0.3 is 5.97 Å². The van der Waals surface area contributed by atoms with Gasteiger partial charge in [0, 0.05) is 12.1 Å². The largest absolute Gasteiger partial charge is 0.480 e. The number of amides is 1. The Kier molecular flexibility index (Phi) is 10.3. The first-order valence-corrected chi connectivity index (χ1v) is 12.4. The molecule has 1 aliphatic heterocycles. The van der Waals surface area contributed by atoms with Gasteiger partial charge in [-0.3, -0.25) is 4.79 Å². The van der Waals surface area contributed by atoms with Gasteiger partial charge in [-0.2, -0.15) is 0 Å². The van der Waals surface area contributed by atoms with Crippen LogP contribution in [0.5, 0.6) is 0 Å². The van der Waals surface area contributed by atoms with Crippen LogP contribution in [0.25, 0.3) is 0 Å². The second-order valence-corrected chi connectivity index (χ2v) is 8.28. The van der Waals surface area contributed by atoms with Crippen molar-refractivity contribution in [3.8, 4) is 11.8 Å². The number of piperidine rings is 1. The minimum Gasteiger partial charge on any atom is -0.480 e. The maximum Gasteiger partial charge on any atom is 0.326 e. The first-order valence-electron chi connectivity index (χ1n) is 12.4. The lowest BCUT2D eigenvalue weighted by Crippen LogP contribution is -2.54. The van der Waals surface area contributed by atoms with Gasteiger partial charge in [-0.25, -0.2) is 4.79 Å². The van der Waals surface area contributed by atoms with Crippen molar-refractivity contribution < 1.29 is 19.4 Å². The molecule has 5 heteroatoms. The van der Waals surface area contributed by atoms with Crippen LogP contribution < -0.4 is 0 Å². The number of rotatable bonds is 6. The lowest BCUT2D eigenvalue weighted by molar-refractivity contribution is -0.155. The molecular formula is C31H33NO4. The summed E-state index contributed by atoms with van der Waals surface area (Å²) >= 11 is 0. The van der Waals surface area contributed by atoms with E-state index in [2.05, 4.69) is 11.8 Å². The van der Waals surface area contributed by atoms with Crippen LogP contribution in [0.15, 0.2) is 91.0 Å². The first kappa shape index (κ1) is 26.7. The molecule has 0 saturated carbocycles. The summed E-state index contributed by atoms with van der Waals surface area (Å²) in [5.74, 6) is 4.27. The SMILES string of the molecule is CC.O=C(O)C1CCC(OCC#Cc2ccccc2)CN1C(=O)C(c1ccccc1)c1ccccc1. The highest BCUT2D eigenvalue weighted by molar-refractivity contribution is 5.91. The van der Waals surface area contributed by atoms with Crippen LogP contribution in [0.2, 0.25) is 0 Å². The monoisotopic (exact) mass is 483 g/mol. The second kappa shape index (κ2) is 13.9. The third kappa shape index (κ3) is 7.07. The number of ether oxygens (including phenoxy) is 1. The summed E-state index contributed by atoms with van der Waals surface area (Å²) in [6.07, 6.45) is 0.639. The Morgan fingerprint density at radius 1 is 0.889 bits per heavy atom. The number of aliphatic carboxylic acids is 1. The first-order chi connectivity index (χ1) is 17.6. The molecule has 3 aromatic rings. The zero-order valence-electron chi connectivity index (χ0n) is 20.8. The normalized spacial score (nSPS) is 16.8. The number of likely N-dealkylation sites (tertiary alicyclic amines) is 1. The predicted octanol–water partition coefficient (Wildman–Crippen LogP) is 5.36. The fraction of sp³-hybridized carbons (Fsp3) is 0.290. The molecule has 1 saturated heterocycles. The van der Waals surface area contributed by atoms with Gasteiger partial charge < -0.3 is 14.7 Å². The smallest absolute Gasteiger partial charge is 0.326 e. The van der Waals surface area contributed by atoms with Gasteiger partial charge in [0.05, 0.1) is 12.0 Å². The predicted molar refractivity (Wildman–Crippen MR) is 142 cm³/mol. The van der Waals surface area contributed by atoms with E-state index in [4.69, 9.17) is 4.74 Å². The summed E-state index contributed by atoms with van der Waals surface area (Å²) in [5.41, 5.74) is 2.57. The van der Waals surface area contributed by atoms with E-state index in [1.807, 2.05) is 105 Å². The number of carboxylic acids is 1. The van der Waals surface area contributed by atoms with Crippen molar-refractivity contribution in [3.63, 3.8) is 0 Å². The molecule has 0 aliphatic carbocycles. The molecule has 0 bridgehead atoms. The molecule has 0 radical (unpaired) electrons. The minimum atomic E-state index is -0.990. The van der Waals surface area contributed by atoms with Crippen molar-refractivity contribution in [2.24, 2.45) is 0 Å². The highest BCUT2D eigenvalue weighted by atomic mass is 16.5. The van der Waals surface area contributed by atoms with Crippen LogP contribution in [-0.2, 0) is 14.3 Å². The Bertz CT molecular complexity index is 1110. The Labute approximate surface area is 213 Å². The number of hydrogen-bond donors (Lipinski definition) is 1. The quantitative estimate of drug-likeness (QED) is 0.480. The molecule has 4 rings (SSSR count). The summed E-state index contributed by atoms with van der Waals surface area (Å²) in [7, 11) is 0. The summed E-state index contributed by atoms with van der Waals surface area (Å²) in [5, 5.41) is 9.85. The lowest BCUT2D eigenvalue weighted by atomic mass is 9.88. The van der Waals surface area contributed by atoms with Crippen molar-refractivity contribution >= 4 is 11.9 Å². The van der Waals surface area contributed by atoms with E-state index in [1.54, 1.807) is 0 Å². The van der Waals surface area contributed by atoms with Crippen LogP contribution in [0.1, 0.15) is 49.3 Å². The summed E-state index contributed by atoms with van der Waals surface area (Å²) < 4.78 is 5.94. The van der Waals surface area contributed by atoms with E-state index in [9.17, 15) is 14.7 Å². The zero-order chi connectivity index (χ0) is 25.8. The third-order valence-electron chi connectivity index (χ3n) is 6.02. The topological polar surface area (TPSA) is 66.8 Å². The molecule has 1 fully saturated rings. The molecule has 1 amide bonds. The molecule has 0 aromatic heterocycles. The summed E-state index contributed by atoms with van der Waals surface area (Å²) in [6, 6.07) is 27.8. The van der Waals surface area contributed by atoms with E-state index in [-0.39, 0.29) is 25.2 Å². The average Bonchev–Trinajstić information content (AvgIpc) is 2.94. The molecule has 0 spiro atoms. The van der Waals surface area contributed by atoms with Crippen molar-refractivity contribution in [1.82, 2.24) is 4.90 Å². The van der Waals surface area contributed by atoms with Crippen LogP contribution in [-0.4, -0.2) is 47.2 Å². The van der Waals surface area contributed by atoms with E-state index < -0.39 is 17.9 Å². The lowest BCUT2D eigenvalue weighted by Gasteiger charge is -2.39. The maximum absolute atomic E-state index is 13.9. The van der Waals surface area contributed by atoms with Gasteiger partial charge in [0.1, 0.15) is 12.6 Å². The molecule has 1 heterocycles. The maximum atomic E-state index is 13.9. The number of carbonyl (C=O) groups excluding carboxylic acids is 1. The number of carbonyl (C=O) groups is 2. The Morgan fingerprint density at radius 3 is 1.94 bits per heavy atom. The van der Waals surface area contributed by atoms with Gasteiger partial charge in [-0.1, -0.05) is 105 Å². The van der Waals surface area contributed by atoms with Gasteiger partial charge in [-0.15, -0.1) is 0 Å². The number of nitrogens with zero attached hydrogens (tertiary/aromatic N) is 1. The number of benzene rings is 3. The van der Waals surface area contributed by atoms with Gasteiger partial charge in [-0.05, 0) is 36.1 Å². The average molecular weight is 484 g/mol. The molecule has 2 atom stereocenters. The Morgan fingerprint density at radius 2 is 1.42 bits per heavy atom. The fourth-order valence-corrected chi connectivity index (χ4v) is 4.33. The minimum absolute atomic E-state index is 0.221. The highest BCUT2D eigenvalue weighted by Crippen LogP contribution is 2.30. The van der Waals surface area contributed by atoms with Crippen LogP contribution in [0.4, 0.5) is 0 Å². The van der Waals surface area contributed by atoms with Crippen molar-refractivity contribution in [2.45, 2.75) is 44.8 Å². The third-order valence-corrected chi connectivity index (χ3v) is 6.02. The second-order valence-electron chi connectivity index (χ2n) is 8.28. The van der Waals surface area contributed by atoms with Crippen LogP contribution in [0.3, 0.4) is 0 Å². The van der Waals surface area contributed by atoms with Gasteiger partial charge in [0.15, 0.2) is 0 Å². The van der Waals surface area contributed by atoms with E-state index in [0.717, 1.165) is 16.7 Å². The molecule has 36 heavy (non-hydrogen) atoms. The molecule has 1 aliphatic rings. The van der Waals surface area contributed by atoms with Crippen molar-refractivity contribution in [3.05, 3.63) is 108 Å². The van der Waals surface area contributed by atoms with Gasteiger partial charge in [0.2, 0.25) is 5.91 Å². The van der Waals surface area contributed by atoms with E-state index in [0.29, 0.717) is 12.8 Å². The molecule has 186 valence electrons. The van der Waals surface area contributed by atoms with E-state index >= 15 is 0 Å². The zero-order valence-corrected chi connectivity index (χ0v) is 20.8. The standard InChI is InChI=1S/C29H27NO4.C2H6/c31-28(27(23-14-6-2-7-15-23)24-16-8-3-9-17-24)30-21-25(18-19-26(30)29(32)33)34-20-10-13-22-11-4-1-5-12-22;1-2/h1-9,11-12,14-17,25-27H,18-21H2,(H,32,33);1-2H3. The van der Waals surface area contributed by atoms with Crippen molar-refractivity contribution in [2.75, 3.05) is 13.2 Å². The molecule has 1 N–H and O–H groups in total. The van der Waals surface area contributed by atoms with E-state index in [1.165, 1.54) is 4.90 Å². The van der Waals surface area contributed by atoms with Crippen LogP contribution >= 0.6 is 0 Å². The van der Waals surface area contributed by atoms with Gasteiger partial charge in [0.25, 0.3) is 0 Å². The fourth-order valence-electron chi connectivity index (χ4n) is 4.33. The molecule has 5 nitrogen and oxygen atoms in total. The molecular weight excluding hydrogens is 450 g/mol. The Balaban J connectivity index is 0.00000176. The Hall–Kier alpha value is -3.88. The summed E-state index contributed by atoms with van der Waals surface area (Å²) in [4.78, 5) is 27.4. The van der Waals surface area contributed by atoms with Crippen molar-refractivity contribution in [1.29, 1.82) is 0 Å². The highest BCUT2D eigenvalue weighted by Gasteiger charge is 2.39.